The van der Waals surface area contributed by atoms with Crippen LogP contribution in [0.1, 0.15) is 84.0 Å². The molecule has 0 saturated heterocycles. The van der Waals surface area contributed by atoms with Gasteiger partial charge in [-0.25, -0.2) is 5.32 Å². The van der Waals surface area contributed by atoms with Crippen molar-refractivity contribution >= 4 is 0 Å². The van der Waals surface area contributed by atoms with Crippen LogP contribution in [0.25, 0.3) is 0 Å². The summed E-state index contributed by atoms with van der Waals surface area (Å²) in [5, 5.41) is 4.70. The molecular weight excluding hydrogens is 206 g/mol. The van der Waals surface area contributed by atoms with E-state index in [9.17, 15) is 0 Å². The number of unbranched alkanes of at least 4 members (excludes halogenated alkanes) is 7. The maximum absolute atomic E-state index is 4.70. The fourth-order valence-corrected chi connectivity index (χ4v) is 2.82. The lowest BCUT2D eigenvalue weighted by atomic mass is 10.1. The van der Waals surface area contributed by atoms with Crippen LogP contribution in [0.2, 0.25) is 0 Å². The first kappa shape index (κ1) is 15.0. The number of hydrogen-bond acceptors (Lipinski definition) is 0. The van der Waals surface area contributed by atoms with Crippen LogP contribution >= 0.6 is 0 Å². The molecule has 0 aliphatic heterocycles. The third-order valence-electron chi connectivity index (χ3n) is 4.03. The summed E-state index contributed by atoms with van der Waals surface area (Å²) in [6.07, 6.45) is 17.1. The normalized spacial score (nSPS) is 16.8. The molecule has 1 rings (SSSR count). The molecule has 0 amide bonds. The molecule has 1 saturated carbocycles. The van der Waals surface area contributed by atoms with Crippen LogP contribution < -0.4 is 5.32 Å². The standard InChI is InChI=1S/C16H32N/c1-2-3-4-5-6-7-8-11-14-17-15-16-12-9-10-13-16/h16H,2-15H2,1H3. The van der Waals surface area contributed by atoms with E-state index in [1.165, 1.54) is 77.0 Å². The zero-order chi connectivity index (χ0) is 12.2. The van der Waals surface area contributed by atoms with Gasteiger partial charge in [-0.2, -0.15) is 0 Å². The molecule has 0 aromatic carbocycles. The van der Waals surface area contributed by atoms with Crippen LogP contribution in [-0.2, 0) is 0 Å². The second kappa shape index (κ2) is 11.1. The summed E-state index contributed by atoms with van der Waals surface area (Å²) < 4.78 is 0. The summed E-state index contributed by atoms with van der Waals surface area (Å²) in [5.41, 5.74) is 0. The maximum Gasteiger partial charge on any atom is 0.0161 e. The molecular formula is C16H32N. The number of rotatable bonds is 11. The first-order valence-electron chi connectivity index (χ1n) is 8.06. The molecule has 0 N–H and O–H groups in total. The molecule has 1 heteroatoms. The number of nitrogens with zero attached hydrogens (tertiary/aromatic N) is 1. The molecule has 1 nitrogen and oxygen atoms in total. The van der Waals surface area contributed by atoms with Crippen LogP contribution in [-0.4, -0.2) is 13.1 Å². The quantitative estimate of drug-likeness (QED) is 0.454. The third kappa shape index (κ3) is 8.65. The molecule has 101 valence electrons. The highest BCUT2D eigenvalue weighted by Gasteiger charge is 2.14. The maximum atomic E-state index is 4.70. The van der Waals surface area contributed by atoms with Gasteiger partial charge in [0, 0.05) is 13.1 Å². The summed E-state index contributed by atoms with van der Waals surface area (Å²) in [6, 6.07) is 0. The van der Waals surface area contributed by atoms with Gasteiger partial charge in [0.2, 0.25) is 0 Å². The highest BCUT2D eigenvalue weighted by Crippen LogP contribution is 2.23. The van der Waals surface area contributed by atoms with E-state index < -0.39 is 0 Å². The second-order valence-electron chi connectivity index (χ2n) is 5.76. The van der Waals surface area contributed by atoms with Crippen LogP contribution in [0.4, 0.5) is 0 Å². The van der Waals surface area contributed by atoms with Crippen molar-refractivity contribution < 1.29 is 0 Å². The van der Waals surface area contributed by atoms with Crippen molar-refractivity contribution in [3.63, 3.8) is 0 Å². The van der Waals surface area contributed by atoms with Gasteiger partial charge in [-0.05, 0) is 25.2 Å². The van der Waals surface area contributed by atoms with E-state index in [2.05, 4.69) is 6.92 Å². The molecule has 0 aromatic heterocycles. The highest BCUT2D eigenvalue weighted by atomic mass is 14.9. The monoisotopic (exact) mass is 238 g/mol. The predicted molar refractivity (Wildman–Crippen MR) is 76.4 cm³/mol. The van der Waals surface area contributed by atoms with Gasteiger partial charge in [-0.1, -0.05) is 64.7 Å². The fraction of sp³-hybridized carbons (Fsp3) is 1.00. The van der Waals surface area contributed by atoms with Crippen molar-refractivity contribution in [2.45, 2.75) is 84.0 Å². The van der Waals surface area contributed by atoms with Crippen LogP contribution in [0.5, 0.6) is 0 Å². The Hall–Kier alpha value is -0.0400. The Kier molecular flexibility index (Phi) is 9.78. The zero-order valence-corrected chi connectivity index (χ0v) is 11.9. The Bertz CT molecular complexity index is 150. The van der Waals surface area contributed by atoms with Gasteiger partial charge >= 0.3 is 0 Å². The zero-order valence-electron chi connectivity index (χ0n) is 11.9. The van der Waals surface area contributed by atoms with Crippen molar-refractivity contribution in [2.75, 3.05) is 13.1 Å². The molecule has 0 heterocycles. The van der Waals surface area contributed by atoms with E-state index in [0.29, 0.717) is 0 Å². The van der Waals surface area contributed by atoms with Gasteiger partial charge in [0.05, 0.1) is 0 Å². The van der Waals surface area contributed by atoms with E-state index in [4.69, 9.17) is 5.32 Å². The molecule has 0 unspecified atom stereocenters. The minimum atomic E-state index is 0.948. The Morgan fingerprint density at radius 2 is 1.41 bits per heavy atom. The molecule has 0 bridgehead atoms. The largest absolute Gasteiger partial charge is 0.242 e. The average Bonchev–Trinajstić information content (AvgIpc) is 2.85. The van der Waals surface area contributed by atoms with Crippen molar-refractivity contribution in [1.29, 1.82) is 0 Å². The molecule has 1 aliphatic rings. The number of hydrogen-bond donors (Lipinski definition) is 0. The van der Waals surface area contributed by atoms with Gasteiger partial charge in [0.1, 0.15) is 0 Å². The summed E-state index contributed by atoms with van der Waals surface area (Å²) in [6.45, 7) is 4.58. The lowest BCUT2D eigenvalue weighted by molar-refractivity contribution is 0.470. The predicted octanol–water partition coefficient (Wildman–Crippen LogP) is 4.92. The first-order chi connectivity index (χ1) is 8.43. The lowest BCUT2D eigenvalue weighted by Gasteiger charge is -2.08. The second-order valence-corrected chi connectivity index (χ2v) is 5.76. The molecule has 0 aromatic rings. The summed E-state index contributed by atoms with van der Waals surface area (Å²) in [4.78, 5) is 0. The summed E-state index contributed by atoms with van der Waals surface area (Å²) in [5.74, 6) is 0.948. The van der Waals surface area contributed by atoms with Crippen molar-refractivity contribution in [3.8, 4) is 0 Å². The van der Waals surface area contributed by atoms with Gasteiger partial charge in [-0.15, -0.1) is 0 Å². The SMILES string of the molecule is CCCCCCCCCC[N]CC1CCCC1. The molecule has 0 spiro atoms. The van der Waals surface area contributed by atoms with Crippen molar-refractivity contribution in [2.24, 2.45) is 5.92 Å². The van der Waals surface area contributed by atoms with E-state index >= 15 is 0 Å². The Morgan fingerprint density at radius 3 is 2.06 bits per heavy atom. The first-order valence-corrected chi connectivity index (χ1v) is 8.06. The summed E-state index contributed by atoms with van der Waals surface area (Å²) >= 11 is 0. The Balaban J connectivity index is 1.69. The van der Waals surface area contributed by atoms with E-state index in [-0.39, 0.29) is 0 Å². The van der Waals surface area contributed by atoms with Gasteiger partial charge in [0.15, 0.2) is 0 Å². The fourth-order valence-electron chi connectivity index (χ4n) is 2.82. The van der Waals surface area contributed by atoms with Gasteiger partial charge in [0.25, 0.3) is 0 Å². The van der Waals surface area contributed by atoms with Crippen molar-refractivity contribution in [1.82, 2.24) is 5.32 Å². The van der Waals surface area contributed by atoms with Gasteiger partial charge < -0.3 is 0 Å². The average molecular weight is 238 g/mol. The smallest absolute Gasteiger partial charge is 0.0161 e. The topological polar surface area (TPSA) is 14.1 Å². The highest BCUT2D eigenvalue weighted by molar-refractivity contribution is 4.69. The Morgan fingerprint density at radius 1 is 0.824 bits per heavy atom. The van der Waals surface area contributed by atoms with Crippen molar-refractivity contribution in [3.05, 3.63) is 0 Å². The van der Waals surface area contributed by atoms with Crippen LogP contribution in [0, 0.1) is 5.92 Å². The lowest BCUT2D eigenvalue weighted by Crippen LogP contribution is -2.15. The molecule has 1 fully saturated rings. The van der Waals surface area contributed by atoms with E-state index in [0.717, 1.165) is 19.0 Å². The van der Waals surface area contributed by atoms with Crippen LogP contribution in [0.15, 0.2) is 0 Å². The molecule has 0 atom stereocenters. The molecule has 1 radical (unpaired) electrons. The minimum Gasteiger partial charge on any atom is -0.242 e. The third-order valence-corrected chi connectivity index (χ3v) is 4.03. The molecule has 1 aliphatic carbocycles. The summed E-state index contributed by atoms with van der Waals surface area (Å²) in [7, 11) is 0. The van der Waals surface area contributed by atoms with Gasteiger partial charge in [-0.3, -0.25) is 0 Å². The van der Waals surface area contributed by atoms with E-state index in [1.54, 1.807) is 0 Å². The van der Waals surface area contributed by atoms with E-state index in [1.807, 2.05) is 0 Å². The Labute approximate surface area is 109 Å². The van der Waals surface area contributed by atoms with Crippen LogP contribution in [0.3, 0.4) is 0 Å². The molecule has 17 heavy (non-hydrogen) atoms. The minimum absolute atomic E-state index is 0.948.